The summed E-state index contributed by atoms with van der Waals surface area (Å²) in [5, 5.41) is 1.17. The summed E-state index contributed by atoms with van der Waals surface area (Å²) in [6.07, 6.45) is 0. The number of carbonyl (C=O) groups is 1. The first-order valence-electron chi connectivity index (χ1n) is 8.23. The van der Waals surface area contributed by atoms with Crippen LogP contribution in [0.1, 0.15) is 11.5 Å². The number of benzene rings is 1. The Morgan fingerprint density at radius 2 is 1.96 bits per heavy atom. The molecule has 0 bridgehead atoms. The zero-order chi connectivity index (χ0) is 19.4. The van der Waals surface area contributed by atoms with E-state index in [1.54, 1.807) is 18.0 Å². The molecule has 3 aromatic rings. The minimum Gasteiger partial charge on any atom is -0.459 e. The average molecular weight is 403 g/mol. The molecule has 140 valence electrons. The van der Waals surface area contributed by atoms with Gasteiger partial charge in [0.1, 0.15) is 17.3 Å². The number of furan rings is 1. The number of rotatable bonds is 6. The third-order valence-electron chi connectivity index (χ3n) is 3.79. The van der Waals surface area contributed by atoms with Gasteiger partial charge in [0.05, 0.1) is 12.3 Å². The SMILES string of the molecule is Cc1cc(N)nc(SCC(=O)N(C)Cc2ccc(-c3ccc(Cl)cc3)o2)n1. The van der Waals surface area contributed by atoms with Gasteiger partial charge in [0.15, 0.2) is 5.16 Å². The lowest BCUT2D eigenvalue weighted by Crippen LogP contribution is -2.27. The van der Waals surface area contributed by atoms with Crippen LogP contribution in [0.4, 0.5) is 5.82 Å². The van der Waals surface area contributed by atoms with Crippen molar-refractivity contribution in [2.75, 3.05) is 18.5 Å². The van der Waals surface area contributed by atoms with Crippen molar-refractivity contribution in [2.45, 2.75) is 18.6 Å². The average Bonchev–Trinajstić information content (AvgIpc) is 3.08. The number of aromatic nitrogens is 2. The van der Waals surface area contributed by atoms with Crippen LogP contribution in [-0.4, -0.2) is 33.6 Å². The molecule has 0 aliphatic rings. The Labute approximate surface area is 166 Å². The number of aryl methyl sites for hydroxylation is 1. The highest BCUT2D eigenvalue weighted by molar-refractivity contribution is 7.99. The van der Waals surface area contributed by atoms with Crippen LogP contribution in [-0.2, 0) is 11.3 Å². The molecular formula is C19H19ClN4O2S. The summed E-state index contributed by atoms with van der Waals surface area (Å²) in [6, 6.07) is 12.8. The first-order valence-corrected chi connectivity index (χ1v) is 9.59. The topological polar surface area (TPSA) is 85.2 Å². The molecular weight excluding hydrogens is 384 g/mol. The van der Waals surface area contributed by atoms with Gasteiger partial charge in [-0.05, 0) is 43.3 Å². The van der Waals surface area contributed by atoms with Crippen LogP contribution in [0, 0.1) is 6.92 Å². The molecule has 0 fully saturated rings. The highest BCUT2D eigenvalue weighted by atomic mass is 35.5. The molecule has 8 heteroatoms. The van der Waals surface area contributed by atoms with E-state index in [1.807, 2.05) is 43.3 Å². The van der Waals surface area contributed by atoms with E-state index in [4.69, 9.17) is 21.8 Å². The van der Waals surface area contributed by atoms with Crippen molar-refractivity contribution in [3.8, 4) is 11.3 Å². The normalized spacial score (nSPS) is 10.8. The van der Waals surface area contributed by atoms with Crippen LogP contribution in [0.5, 0.6) is 0 Å². The van der Waals surface area contributed by atoms with Crippen LogP contribution in [0.3, 0.4) is 0 Å². The molecule has 6 nitrogen and oxygen atoms in total. The second kappa shape index (κ2) is 8.45. The maximum Gasteiger partial charge on any atom is 0.233 e. The van der Waals surface area contributed by atoms with Gasteiger partial charge in [0.2, 0.25) is 5.91 Å². The number of amides is 1. The van der Waals surface area contributed by atoms with Gasteiger partial charge in [-0.1, -0.05) is 23.4 Å². The summed E-state index contributed by atoms with van der Waals surface area (Å²) in [5.41, 5.74) is 7.42. The van der Waals surface area contributed by atoms with E-state index in [9.17, 15) is 4.79 Å². The molecule has 1 amide bonds. The minimum atomic E-state index is -0.0480. The molecule has 27 heavy (non-hydrogen) atoms. The second-order valence-corrected chi connectivity index (χ2v) is 7.41. The number of thioether (sulfide) groups is 1. The molecule has 2 aromatic heterocycles. The van der Waals surface area contributed by atoms with E-state index in [0.717, 1.165) is 17.0 Å². The van der Waals surface area contributed by atoms with Crippen LogP contribution in [0.15, 0.2) is 52.0 Å². The minimum absolute atomic E-state index is 0.0480. The monoisotopic (exact) mass is 402 g/mol. The van der Waals surface area contributed by atoms with Crippen molar-refractivity contribution in [3.05, 3.63) is 58.9 Å². The summed E-state index contributed by atoms with van der Waals surface area (Å²) in [5.74, 6) is 2.02. The first-order chi connectivity index (χ1) is 12.9. The summed E-state index contributed by atoms with van der Waals surface area (Å²) in [4.78, 5) is 22.4. The van der Waals surface area contributed by atoms with Gasteiger partial charge < -0.3 is 15.1 Å². The quantitative estimate of drug-likeness (QED) is 0.495. The van der Waals surface area contributed by atoms with E-state index in [2.05, 4.69) is 9.97 Å². The zero-order valence-corrected chi connectivity index (χ0v) is 16.5. The predicted molar refractivity (Wildman–Crippen MR) is 108 cm³/mol. The Hall–Kier alpha value is -2.51. The Balaban J connectivity index is 1.57. The number of hydrogen-bond donors (Lipinski definition) is 1. The molecule has 0 unspecified atom stereocenters. The van der Waals surface area contributed by atoms with Gasteiger partial charge in [-0.2, -0.15) is 0 Å². The lowest BCUT2D eigenvalue weighted by molar-refractivity contribution is -0.127. The highest BCUT2D eigenvalue weighted by Crippen LogP contribution is 2.24. The van der Waals surface area contributed by atoms with Crippen LogP contribution < -0.4 is 5.73 Å². The fourth-order valence-corrected chi connectivity index (χ4v) is 3.40. The Morgan fingerprint density at radius 1 is 1.22 bits per heavy atom. The van der Waals surface area contributed by atoms with Gasteiger partial charge in [-0.3, -0.25) is 4.79 Å². The number of hydrogen-bond acceptors (Lipinski definition) is 6. The van der Waals surface area contributed by atoms with Crippen molar-refractivity contribution in [1.29, 1.82) is 0 Å². The summed E-state index contributed by atoms with van der Waals surface area (Å²) >= 11 is 7.17. The number of nitrogens with two attached hydrogens (primary N) is 1. The van der Waals surface area contributed by atoms with Crippen LogP contribution >= 0.6 is 23.4 Å². The fraction of sp³-hybridized carbons (Fsp3) is 0.211. The smallest absolute Gasteiger partial charge is 0.233 e. The van der Waals surface area contributed by atoms with Gasteiger partial charge in [-0.25, -0.2) is 9.97 Å². The van der Waals surface area contributed by atoms with Gasteiger partial charge in [0, 0.05) is 29.4 Å². The Kier molecular flexibility index (Phi) is 6.03. The van der Waals surface area contributed by atoms with Gasteiger partial charge in [-0.15, -0.1) is 0 Å². The number of halogens is 1. The molecule has 0 saturated carbocycles. The van der Waals surface area contributed by atoms with Crippen molar-refractivity contribution >= 4 is 35.1 Å². The highest BCUT2D eigenvalue weighted by Gasteiger charge is 2.14. The molecule has 0 saturated heterocycles. The molecule has 3 rings (SSSR count). The standard InChI is InChI=1S/C19H19ClN4O2S/c1-12-9-17(21)23-19(22-12)27-11-18(25)24(2)10-15-7-8-16(26-15)13-3-5-14(20)6-4-13/h3-9H,10-11H2,1-2H3,(H2,21,22,23). The number of nitrogen functional groups attached to an aromatic ring is 1. The van der Waals surface area contributed by atoms with Crippen molar-refractivity contribution < 1.29 is 9.21 Å². The van der Waals surface area contributed by atoms with Gasteiger partial charge >= 0.3 is 0 Å². The maximum absolute atomic E-state index is 12.4. The summed E-state index contributed by atoms with van der Waals surface area (Å²) in [7, 11) is 1.73. The van der Waals surface area contributed by atoms with E-state index >= 15 is 0 Å². The Morgan fingerprint density at radius 3 is 2.67 bits per heavy atom. The van der Waals surface area contributed by atoms with E-state index < -0.39 is 0 Å². The lowest BCUT2D eigenvalue weighted by atomic mass is 10.2. The van der Waals surface area contributed by atoms with Crippen molar-refractivity contribution in [2.24, 2.45) is 0 Å². The molecule has 0 aliphatic heterocycles. The summed E-state index contributed by atoms with van der Waals surface area (Å²) in [6.45, 7) is 2.22. The molecule has 0 spiro atoms. The summed E-state index contributed by atoms with van der Waals surface area (Å²) < 4.78 is 5.84. The Bertz CT molecular complexity index is 923. The van der Waals surface area contributed by atoms with E-state index in [1.165, 1.54) is 11.8 Å². The largest absolute Gasteiger partial charge is 0.459 e. The molecule has 2 heterocycles. The van der Waals surface area contributed by atoms with E-state index in [-0.39, 0.29) is 11.7 Å². The molecule has 1 aromatic carbocycles. The number of anilines is 1. The third kappa shape index (κ3) is 5.24. The first kappa shape index (κ1) is 19.3. The molecule has 0 radical (unpaired) electrons. The number of nitrogens with zero attached hydrogens (tertiary/aromatic N) is 3. The van der Waals surface area contributed by atoms with Gasteiger partial charge in [0.25, 0.3) is 0 Å². The van der Waals surface area contributed by atoms with Crippen LogP contribution in [0.2, 0.25) is 5.02 Å². The van der Waals surface area contributed by atoms with Crippen molar-refractivity contribution in [1.82, 2.24) is 14.9 Å². The third-order valence-corrected chi connectivity index (χ3v) is 4.87. The fourth-order valence-electron chi connectivity index (χ4n) is 2.42. The lowest BCUT2D eigenvalue weighted by Gasteiger charge is -2.15. The van der Waals surface area contributed by atoms with Crippen molar-refractivity contribution in [3.63, 3.8) is 0 Å². The molecule has 2 N–H and O–H groups in total. The van der Waals surface area contributed by atoms with E-state index in [0.29, 0.717) is 28.3 Å². The zero-order valence-electron chi connectivity index (χ0n) is 15.0. The second-order valence-electron chi connectivity index (χ2n) is 6.03. The van der Waals surface area contributed by atoms with Crippen LogP contribution in [0.25, 0.3) is 11.3 Å². The molecule has 0 aliphatic carbocycles. The predicted octanol–water partition coefficient (Wildman–Crippen LogP) is 4.03. The molecule has 0 atom stereocenters. The maximum atomic E-state index is 12.4. The number of carbonyl (C=O) groups excluding carboxylic acids is 1.